The van der Waals surface area contributed by atoms with Crippen LogP contribution >= 0.6 is 11.5 Å². The first-order chi connectivity index (χ1) is 13.8. The molecule has 3 heterocycles. The Morgan fingerprint density at radius 1 is 1.25 bits per heavy atom. The Morgan fingerprint density at radius 2 is 2.04 bits per heavy atom. The van der Waals surface area contributed by atoms with Gasteiger partial charge in [0.1, 0.15) is 18.5 Å². The van der Waals surface area contributed by atoms with Crippen molar-refractivity contribution in [2.75, 3.05) is 51.3 Å². The molecule has 1 fully saturated rings. The molecule has 0 aliphatic carbocycles. The second kappa shape index (κ2) is 8.64. The van der Waals surface area contributed by atoms with E-state index in [1.165, 1.54) is 11.5 Å². The maximum atomic E-state index is 6.02. The molecule has 8 nitrogen and oxygen atoms in total. The third-order valence-corrected chi connectivity index (χ3v) is 5.71. The van der Waals surface area contributed by atoms with Gasteiger partial charge in [0.25, 0.3) is 0 Å². The van der Waals surface area contributed by atoms with Crippen LogP contribution in [0.15, 0.2) is 29.3 Å². The quantitative estimate of drug-likeness (QED) is 0.615. The molecule has 0 spiro atoms. The zero-order valence-electron chi connectivity index (χ0n) is 16.3. The number of aliphatic imine (C=N–C) groups is 1. The van der Waals surface area contributed by atoms with Gasteiger partial charge in [0.2, 0.25) is 5.13 Å². The summed E-state index contributed by atoms with van der Waals surface area (Å²) in [4.78, 5) is 13.6. The largest absolute Gasteiger partial charge is 0.486 e. The van der Waals surface area contributed by atoms with Crippen LogP contribution in [0.5, 0.6) is 11.5 Å². The molecular formula is C19H26N6O2S. The SMILES string of the molecule is CCc1nsc(N2CCN(C(=NC)NCC3COc4ccccc4O3)CC2)n1. The predicted octanol–water partition coefficient (Wildman–Crippen LogP) is 1.64. The molecule has 0 radical (unpaired) electrons. The Kier molecular flexibility index (Phi) is 5.80. The predicted molar refractivity (Wildman–Crippen MR) is 111 cm³/mol. The summed E-state index contributed by atoms with van der Waals surface area (Å²) in [5.74, 6) is 3.43. The van der Waals surface area contributed by atoms with Gasteiger partial charge in [-0.2, -0.15) is 4.37 Å². The fraction of sp³-hybridized carbons (Fsp3) is 0.526. The van der Waals surface area contributed by atoms with Crippen molar-refractivity contribution in [3.63, 3.8) is 0 Å². The van der Waals surface area contributed by atoms with Crippen LogP contribution in [0.25, 0.3) is 0 Å². The third kappa shape index (κ3) is 4.14. The summed E-state index contributed by atoms with van der Waals surface area (Å²) < 4.78 is 16.2. The van der Waals surface area contributed by atoms with E-state index in [9.17, 15) is 0 Å². The monoisotopic (exact) mass is 402 g/mol. The van der Waals surface area contributed by atoms with E-state index in [1.807, 2.05) is 31.3 Å². The highest BCUT2D eigenvalue weighted by Crippen LogP contribution is 2.30. The van der Waals surface area contributed by atoms with E-state index in [1.54, 1.807) is 0 Å². The van der Waals surface area contributed by atoms with E-state index in [0.29, 0.717) is 13.2 Å². The average molecular weight is 403 g/mol. The van der Waals surface area contributed by atoms with Crippen molar-refractivity contribution in [2.24, 2.45) is 4.99 Å². The van der Waals surface area contributed by atoms with E-state index in [0.717, 1.165) is 61.0 Å². The Bertz CT molecular complexity index is 818. The van der Waals surface area contributed by atoms with Gasteiger partial charge in [-0.25, -0.2) is 4.98 Å². The minimum atomic E-state index is -0.0400. The number of hydrogen-bond donors (Lipinski definition) is 1. The molecule has 0 bridgehead atoms. The summed E-state index contributed by atoms with van der Waals surface area (Å²) in [6.07, 6.45) is 0.839. The number of ether oxygens (including phenoxy) is 2. The van der Waals surface area contributed by atoms with Gasteiger partial charge in [-0.3, -0.25) is 4.99 Å². The van der Waals surface area contributed by atoms with Gasteiger partial charge in [-0.05, 0) is 12.1 Å². The van der Waals surface area contributed by atoms with Gasteiger partial charge in [-0.1, -0.05) is 19.1 Å². The Morgan fingerprint density at radius 3 is 2.75 bits per heavy atom. The number of guanidine groups is 1. The number of para-hydroxylation sites is 2. The third-order valence-electron chi connectivity index (χ3n) is 4.89. The second-order valence-electron chi connectivity index (χ2n) is 6.75. The molecule has 1 unspecified atom stereocenters. The van der Waals surface area contributed by atoms with Crippen molar-refractivity contribution < 1.29 is 9.47 Å². The number of benzene rings is 1. The summed E-state index contributed by atoms with van der Waals surface area (Å²) in [6, 6.07) is 7.77. The topological polar surface area (TPSA) is 75.1 Å². The van der Waals surface area contributed by atoms with Crippen LogP contribution in [0, 0.1) is 0 Å². The first-order valence-corrected chi connectivity index (χ1v) is 10.5. The first-order valence-electron chi connectivity index (χ1n) is 9.68. The first kappa shape index (κ1) is 18.8. The van der Waals surface area contributed by atoms with Crippen molar-refractivity contribution in [1.82, 2.24) is 19.6 Å². The molecule has 1 N–H and O–H groups in total. The van der Waals surface area contributed by atoms with Crippen LogP contribution < -0.4 is 19.7 Å². The fourth-order valence-corrected chi connectivity index (χ4v) is 4.13. The number of nitrogens with one attached hydrogen (secondary N) is 1. The minimum absolute atomic E-state index is 0.0400. The molecular weight excluding hydrogens is 376 g/mol. The number of anilines is 1. The van der Waals surface area contributed by atoms with Crippen LogP contribution in [0.3, 0.4) is 0 Å². The van der Waals surface area contributed by atoms with Crippen molar-refractivity contribution in [3.8, 4) is 11.5 Å². The standard InChI is InChI=1S/C19H26N6O2S/c1-3-17-22-19(28-23-17)25-10-8-24(9-11-25)18(20-2)21-12-14-13-26-15-6-4-5-7-16(15)27-14/h4-7,14H,3,8-13H2,1-2H3,(H,20,21). The van der Waals surface area contributed by atoms with Gasteiger partial charge in [-0.15, -0.1) is 0 Å². The highest BCUT2D eigenvalue weighted by atomic mass is 32.1. The zero-order chi connectivity index (χ0) is 19.3. The van der Waals surface area contributed by atoms with E-state index in [4.69, 9.17) is 9.47 Å². The van der Waals surface area contributed by atoms with Crippen LogP contribution in [-0.4, -0.2) is 72.7 Å². The molecule has 1 atom stereocenters. The number of aromatic nitrogens is 2. The second-order valence-corrected chi connectivity index (χ2v) is 7.48. The molecule has 0 amide bonds. The maximum Gasteiger partial charge on any atom is 0.205 e. The van der Waals surface area contributed by atoms with Crippen molar-refractivity contribution >= 4 is 22.6 Å². The van der Waals surface area contributed by atoms with E-state index in [2.05, 4.69) is 36.4 Å². The summed E-state index contributed by atoms with van der Waals surface area (Å²) in [5.41, 5.74) is 0. The Balaban J connectivity index is 1.27. The van der Waals surface area contributed by atoms with Crippen LogP contribution in [0.4, 0.5) is 5.13 Å². The highest BCUT2D eigenvalue weighted by molar-refractivity contribution is 7.09. The molecule has 2 aliphatic heterocycles. The normalized spacial score (nSPS) is 19.6. The lowest BCUT2D eigenvalue weighted by Crippen LogP contribution is -2.54. The van der Waals surface area contributed by atoms with Gasteiger partial charge in [0.05, 0.1) is 6.54 Å². The van der Waals surface area contributed by atoms with Crippen molar-refractivity contribution in [1.29, 1.82) is 0 Å². The highest BCUT2D eigenvalue weighted by Gasteiger charge is 2.24. The Hall–Kier alpha value is -2.55. The number of nitrogens with zero attached hydrogens (tertiary/aromatic N) is 5. The molecule has 1 saturated heterocycles. The lowest BCUT2D eigenvalue weighted by atomic mass is 10.2. The maximum absolute atomic E-state index is 6.02. The molecule has 0 saturated carbocycles. The average Bonchev–Trinajstić information content (AvgIpc) is 3.24. The van der Waals surface area contributed by atoms with E-state index in [-0.39, 0.29) is 6.10 Å². The van der Waals surface area contributed by atoms with E-state index >= 15 is 0 Å². The molecule has 2 aliphatic rings. The number of piperazine rings is 1. The van der Waals surface area contributed by atoms with Crippen LogP contribution in [-0.2, 0) is 6.42 Å². The summed E-state index contributed by atoms with van der Waals surface area (Å²) in [7, 11) is 1.82. The minimum Gasteiger partial charge on any atom is -0.486 e. The summed E-state index contributed by atoms with van der Waals surface area (Å²) >= 11 is 1.49. The van der Waals surface area contributed by atoms with Gasteiger partial charge in [0.15, 0.2) is 17.5 Å². The van der Waals surface area contributed by atoms with Crippen LogP contribution in [0.1, 0.15) is 12.7 Å². The molecule has 28 heavy (non-hydrogen) atoms. The van der Waals surface area contributed by atoms with Gasteiger partial charge >= 0.3 is 0 Å². The molecule has 2 aromatic rings. The molecule has 9 heteroatoms. The summed E-state index contributed by atoms with van der Waals surface area (Å²) in [6.45, 7) is 6.88. The molecule has 150 valence electrons. The number of fused-ring (bicyclic) bond motifs is 1. The zero-order valence-corrected chi connectivity index (χ0v) is 17.1. The van der Waals surface area contributed by atoms with Crippen molar-refractivity contribution in [2.45, 2.75) is 19.4 Å². The smallest absolute Gasteiger partial charge is 0.205 e. The summed E-state index contributed by atoms with van der Waals surface area (Å²) in [5, 5.41) is 4.45. The molecule has 4 rings (SSSR count). The molecule has 1 aromatic carbocycles. The van der Waals surface area contributed by atoms with Crippen molar-refractivity contribution in [3.05, 3.63) is 30.1 Å². The lowest BCUT2D eigenvalue weighted by molar-refractivity contribution is 0.0930. The number of aryl methyl sites for hydroxylation is 1. The number of hydrogen-bond acceptors (Lipinski definition) is 7. The van der Waals surface area contributed by atoms with Crippen LogP contribution in [0.2, 0.25) is 0 Å². The Labute approximate surface area is 169 Å². The van der Waals surface area contributed by atoms with Gasteiger partial charge in [0, 0.05) is 51.2 Å². The number of rotatable bonds is 4. The molecule has 1 aromatic heterocycles. The van der Waals surface area contributed by atoms with Gasteiger partial charge < -0.3 is 24.6 Å². The van der Waals surface area contributed by atoms with E-state index < -0.39 is 0 Å². The lowest BCUT2D eigenvalue weighted by Gasteiger charge is -2.36. The fourth-order valence-electron chi connectivity index (χ4n) is 3.33.